The van der Waals surface area contributed by atoms with E-state index in [1.807, 2.05) is 12.1 Å². The number of nitrogens with zero attached hydrogens (tertiary/aromatic N) is 2. The number of nitrogens with one attached hydrogen (secondary N) is 1. The van der Waals surface area contributed by atoms with Gasteiger partial charge in [0.05, 0.1) is 7.11 Å². The van der Waals surface area contributed by atoms with Crippen LogP contribution in [0.2, 0.25) is 0 Å². The summed E-state index contributed by atoms with van der Waals surface area (Å²) < 4.78 is 5.14. The van der Waals surface area contributed by atoms with E-state index in [9.17, 15) is 0 Å². The highest BCUT2D eigenvalue weighted by molar-refractivity contribution is 7.11. The molecule has 0 fully saturated rings. The molecule has 0 saturated carbocycles. The topological polar surface area (TPSA) is 47.0 Å². The van der Waals surface area contributed by atoms with E-state index in [1.165, 1.54) is 5.56 Å². The summed E-state index contributed by atoms with van der Waals surface area (Å²) in [6.45, 7) is 3.99. The van der Waals surface area contributed by atoms with Crippen LogP contribution in [-0.2, 0) is 13.0 Å². The van der Waals surface area contributed by atoms with Crippen molar-refractivity contribution in [3.05, 3.63) is 39.8 Å². The van der Waals surface area contributed by atoms with Crippen molar-refractivity contribution in [1.29, 1.82) is 0 Å². The van der Waals surface area contributed by atoms with Crippen LogP contribution in [-0.4, -0.2) is 23.9 Å². The van der Waals surface area contributed by atoms with Gasteiger partial charge in [0.1, 0.15) is 15.8 Å². The molecular formula is C14H19N3OS. The van der Waals surface area contributed by atoms with Crippen LogP contribution in [0, 0.1) is 0 Å². The molecule has 0 aliphatic rings. The molecule has 0 amide bonds. The minimum absolute atomic E-state index is 0.814. The quantitative estimate of drug-likeness (QED) is 0.790. The molecule has 1 aromatic carbocycles. The van der Waals surface area contributed by atoms with Crippen LogP contribution in [0.4, 0.5) is 0 Å². The third-order valence-corrected chi connectivity index (χ3v) is 3.65. The molecule has 0 bridgehead atoms. The van der Waals surface area contributed by atoms with Gasteiger partial charge in [-0.15, -0.1) is 10.2 Å². The normalized spacial score (nSPS) is 10.6. The molecule has 2 aromatic rings. The molecule has 0 unspecified atom stereocenters. The first-order valence-corrected chi connectivity index (χ1v) is 7.28. The van der Waals surface area contributed by atoms with Gasteiger partial charge in [-0.3, -0.25) is 0 Å². The van der Waals surface area contributed by atoms with Crippen molar-refractivity contribution in [1.82, 2.24) is 15.5 Å². The Morgan fingerprint density at radius 3 is 2.58 bits per heavy atom. The molecule has 4 nitrogen and oxygen atoms in total. The largest absolute Gasteiger partial charge is 0.497 e. The Bertz CT molecular complexity index is 496. The first kappa shape index (κ1) is 14.0. The first-order chi connectivity index (χ1) is 9.31. The average molecular weight is 277 g/mol. The van der Waals surface area contributed by atoms with E-state index < -0.39 is 0 Å². The number of hydrogen-bond donors (Lipinski definition) is 1. The Morgan fingerprint density at radius 1 is 1.16 bits per heavy atom. The lowest BCUT2D eigenvalue weighted by Crippen LogP contribution is -2.13. The van der Waals surface area contributed by atoms with E-state index >= 15 is 0 Å². The van der Waals surface area contributed by atoms with Gasteiger partial charge in [-0.1, -0.05) is 30.4 Å². The third-order valence-electron chi connectivity index (χ3n) is 2.73. The zero-order valence-corrected chi connectivity index (χ0v) is 12.2. The zero-order chi connectivity index (χ0) is 13.5. The molecule has 0 aliphatic heterocycles. The summed E-state index contributed by atoms with van der Waals surface area (Å²) in [4.78, 5) is 0. The van der Waals surface area contributed by atoms with Gasteiger partial charge in [0.25, 0.3) is 0 Å². The van der Waals surface area contributed by atoms with Crippen LogP contribution in [0.25, 0.3) is 0 Å². The van der Waals surface area contributed by atoms with Crippen molar-refractivity contribution in [3.63, 3.8) is 0 Å². The van der Waals surface area contributed by atoms with Crippen molar-refractivity contribution in [2.24, 2.45) is 0 Å². The van der Waals surface area contributed by atoms with Gasteiger partial charge in [-0.2, -0.15) is 0 Å². The SMILES string of the molecule is CCCNCc1nnc(Cc2ccc(OC)cc2)s1. The van der Waals surface area contributed by atoms with Gasteiger partial charge in [0.15, 0.2) is 0 Å². The molecule has 0 spiro atoms. The fourth-order valence-electron chi connectivity index (χ4n) is 1.72. The van der Waals surface area contributed by atoms with E-state index in [2.05, 4.69) is 34.6 Å². The number of methoxy groups -OCH3 is 1. The minimum atomic E-state index is 0.814. The van der Waals surface area contributed by atoms with Crippen LogP contribution in [0.1, 0.15) is 28.9 Å². The van der Waals surface area contributed by atoms with Gasteiger partial charge in [-0.05, 0) is 30.7 Å². The van der Waals surface area contributed by atoms with Crippen molar-refractivity contribution in [3.8, 4) is 5.75 Å². The Hall–Kier alpha value is -1.46. The van der Waals surface area contributed by atoms with Crippen LogP contribution < -0.4 is 10.1 Å². The highest BCUT2D eigenvalue weighted by Gasteiger charge is 2.05. The summed E-state index contributed by atoms with van der Waals surface area (Å²) in [5.41, 5.74) is 1.23. The van der Waals surface area contributed by atoms with E-state index in [0.29, 0.717) is 0 Å². The molecular weight excluding hydrogens is 258 g/mol. The number of aromatic nitrogens is 2. The monoisotopic (exact) mass is 277 g/mol. The molecule has 0 atom stereocenters. The van der Waals surface area contributed by atoms with Crippen LogP contribution in [0.3, 0.4) is 0 Å². The Morgan fingerprint density at radius 2 is 1.89 bits per heavy atom. The predicted molar refractivity (Wildman–Crippen MR) is 77.7 cm³/mol. The minimum Gasteiger partial charge on any atom is -0.497 e. The molecule has 0 saturated heterocycles. The average Bonchev–Trinajstić information content (AvgIpc) is 2.88. The predicted octanol–water partition coefficient (Wildman–Crippen LogP) is 2.64. The lowest BCUT2D eigenvalue weighted by molar-refractivity contribution is 0.414. The molecule has 1 heterocycles. The first-order valence-electron chi connectivity index (χ1n) is 6.46. The molecule has 1 aromatic heterocycles. The second-order valence-corrected chi connectivity index (χ2v) is 5.44. The maximum Gasteiger partial charge on any atom is 0.131 e. The highest BCUT2D eigenvalue weighted by Crippen LogP contribution is 2.17. The molecule has 1 N–H and O–H groups in total. The lowest BCUT2D eigenvalue weighted by Gasteiger charge is -2.01. The summed E-state index contributed by atoms with van der Waals surface area (Å²) >= 11 is 1.67. The van der Waals surface area contributed by atoms with Gasteiger partial charge < -0.3 is 10.1 Å². The molecule has 0 aliphatic carbocycles. The van der Waals surface area contributed by atoms with Gasteiger partial charge in [-0.25, -0.2) is 0 Å². The summed E-state index contributed by atoms with van der Waals surface area (Å²) in [6, 6.07) is 8.07. The van der Waals surface area contributed by atoms with Crippen molar-refractivity contribution < 1.29 is 4.74 Å². The number of ether oxygens (including phenoxy) is 1. The number of benzene rings is 1. The molecule has 102 valence electrons. The summed E-state index contributed by atoms with van der Waals surface area (Å²) in [5, 5.41) is 13.9. The van der Waals surface area contributed by atoms with Crippen molar-refractivity contribution in [2.75, 3.05) is 13.7 Å². The molecule has 0 radical (unpaired) electrons. The Kier molecular flexibility index (Phi) is 5.30. The maximum atomic E-state index is 5.14. The van der Waals surface area contributed by atoms with E-state index in [4.69, 9.17) is 4.74 Å². The fourth-order valence-corrected chi connectivity index (χ4v) is 2.57. The number of hydrogen-bond acceptors (Lipinski definition) is 5. The highest BCUT2D eigenvalue weighted by atomic mass is 32.1. The van der Waals surface area contributed by atoms with Crippen molar-refractivity contribution in [2.45, 2.75) is 26.3 Å². The number of rotatable bonds is 7. The van der Waals surface area contributed by atoms with Gasteiger partial charge in [0, 0.05) is 13.0 Å². The Balaban J connectivity index is 1.91. The standard InChI is InChI=1S/C14H19N3OS/c1-3-8-15-10-14-17-16-13(19-14)9-11-4-6-12(18-2)7-5-11/h4-7,15H,3,8-10H2,1-2H3. The molecule has 2 rings (SSSR count). The van der Waals surface area contributed by atoms with Gasteiger partial charge >= 0.3 is 0 Å². The van der Waals surface area contributed by atoms with Crippen LogP contribution in [0.15, 0.2) is 24.3 Å². The lowest BCUT2D eigenvalue weighted by atomic mass is 10.1. The smallest absolute Gasteiger partial charge is 0.131 e. The molecule has 5 heteroatoms. The third kappa shape index (κ3) is 4.29. The fraction of sp³-hybridized carbons (Fsp3) is 0.429. The second-order valence-electron chi connectivity index (χ2n) is 4.29. The summed E-state index contributed by atoms with van der Waals surface area (Å²) in [5.74, 6) is 0.880. The maximum absolute atomic E-state index is 5.14. The second kappa shape index (κ2) is 7.21. The zero-order valence-electron chi connectivity index (χ0n) is 11.3. The van der Waals surface area contributed by atoms with E-state index in [-0.39, 0.29) is 0 Å². The summed E-state index contributed by atoms with van der Waals surface area (Å²) in [6.07, 6.45) is 1.97. The molecule has 19 heavy (non-hydrogen) atoms. The van der Waals surface area contributed by atoms with E-state index in [1.54, 1.807) is 18.4 Å². The van der Waals surface area contributed by atoms with Crippen LogP contribution in [0.5, 0.6) is 5.75 Å². The van der Waals surface area contributed by atoms with Crippen LogP contribution >= 0.6 is 11.3 Å². The Labute approximate surface area is 117 Å². The van der Waals surface area contributed by atoms with E-state index in [0.717, 1.165) is 41.7 Å². The summed E-state index contributed by atoms with van der Waals surface area (Å²) in [7, 11) is 1.68. The van der Waals surface area contributed by atoms with Gasteiger partial charge in [0.2, 0.25) is 0 Å². The van der Waals surface area contributed by atoms with Crippen molar-refractivity contribution >= 4 is 11.3 Å².